The molecule has 2 aliphatic heterocycles. The van der Waals surface area contributed by atoms with Gasteiger partial charge in [-0.3, -0.25) is 14.5 Å². The third-order valence-corrected chi connectivity index (χ3v) is 5.37. The lowest BCUT2D eigenvalue weighted by molar-refractivity contribution is -0.146. The molecule has 0 aliphatic carbocycles. The second-order valence-electron chi connectivity index (χ2n) is 7.13. The van der Waals surface area contributed by atoms with Gasteiger partial charge in [0.25, 0.3) is 0 Å². The Morgan fingerprint density at radius 2 is 2.00 bits per heavy atom. The lowest BCUT2D eigenvalue weighted by Crippen LogP contribution is -2.51. The summed E-state index contributed by atoms with van der Waals surface area (Å²) < 4.78 is 2.04. The van der Waals surface area contributed by atoms with Crippen LogP contribution >= 0.6 is 0 Å². The highest BCUT2D eigenvalue weighted by Gasteiger charge is 2.31. The fourth-order valence-corrected chi connectivity index (χ4v) is 3.73. The maximum absolute atomic E-state index is 12.9. The fourth-order valence-electron chi connectivity index (χ4n) is 3.73. The van der Waals surface area contributed by atoms with E-state index < -0.39 is 0 Å². The Hall–Kier alpha value is -1.89. The van der Waals surface area contributed by atoms with E-state index in [1.165, 1.54) is 0 Å². The number of aryl methyl sites for hydroxylation is 1. The van der Waals surface area contributed by atoms with Crippen LogP contribution in [0.15, 0.2) is 12.4 Å². The molecule has 2 saturated heterocycles. The highest BCUT2D eigenvalue weighted by atomic mass is 16.2. The summed E-state index contributed by atoms with van der Waals surface area (Å²) in [6.07, 6.45) is 7.26. The molecule has 1 unspecified atom stereocenters. The number of imidazole rings is 1. The van der Waals surface area contributed by atoms with Crippen LogP contribution in [-0.4, -0.2) is 74.8 Å². The van der Waals surface area contributed by atoms with Crippen molar-refractivity contribution >= 4 is 11.8 Å². The molecule has 25 heavy (non-hydrogen) atoms. The quantitative estimate of drug-likeness (QED) is 0.810. The van der Waals surface area contributed by atoms with E-state index in [1.807, 2.05) is 35.8 Å². The van der Waals surface area contributed by atoms with Gasteiger partial charge in [-0.2, -0.15) is 0 Å². The Morgan fingerprint density at radius 1 is 1.16 bits per heavy atom. The molecule has 3 heterocycles. The highest BCUT2D eigenvalue weighted by Crippen LogP contribution is 2.16. The summed E-state index contributed by atoms with van der Waals surface area (Å²) in [7, 11) is 2.01. The van der Waals surface area contributed by atoms with E-state index in [4.69, 9.17) is 0 Å². The van der Waals surface area contributed by atoms with Crippen LogP contribution in [0, 0.1) is 0 Å². The zero-order valence-electron chi connectivity index (χ0n) is 15.4. The molecular formula is C18H29N5O2. The van der Waals surface area contributed by atoms with Crippen LogP contribution in [0.4, 0.5) is 0 Å². The van der Waals surface area contributed by atoms with Gasteiger partial charge in [-0.05, 0) is 26.2 Å². The maximum atomic E-state index is 12.9. The summed E-state index contributed by atoms with van der Waals surface area (Å²) in [6.45, 7) is 6.70. The van der Waals surface area contributed by atoms with Crippen molar-refractivity contribution in [2.75, 3.05) is 32.7 Å². The molecule has 2 amide bonds. The van der Waals surface area contributed by atoms with Gasteiger partial charge in [0.05, 0.1) is 6.54 Å². The summed E-state index contributed by atoms with van der Waals surface area (Å²) in [4.78, 5) is 35.4. The number of carbonyl (C=O) groups is 2. The minimum atomic E-state index is -0.339. The van der Waals surface area contributed by atoms with Gasteiger partial charge in [0.1, 0.15) is 11.9 Å². The maximum Gasteiger partial charge on any atom is 0.245 e. The number of hydrogen-bond donors (Lipinski definition) is 0. The van der Waals surface area contributed by atoms with Gasteiger partial charge < -0.3 is 14.4 Å². The number of piperidine rings is 1. The van der Waals surface area contributed by atoms with Gasteiger partial charge in [-0.1, -0.05) is 0 Å². The van der Waals surface area contributed by atoms with Crippen LogP contribution in [-0.2, 0) is 23.2 Å². The van der Waals surface area contributed by atoms with Crippen molar-refractivity contribution < 1.29 is 9.59 Å². The van der Waals surface area contributed by atoms with E-state index in [0.717, 1.165) is 57.8 Å². The molecule has 7 nitrogen and oxygen atoms in total. The summed E-state index contributed by atoms with van der Waals surface area (Å²) in [5.74, 6) is 1.26. The van der Waals surface area contributed by atoms with Crippen LogP contribution in [0.25, 0.3) is 0 Å². The van der Waals surface area contributed by atoms with Crippen LogP contribution in [0.3, 0.4) is 0 Å². The molecule has 0 N–H and O–H groups in total. The lowest BCUT2D eigenvalue weighted by atomic mass is 10.1. The third kappa shape index (κ3) is 4.21. The second kappa shape index (κ2) is 7.99. The molecule has 0 saturated carbocycles. The van der Waals surface area contributed by atoms with E-state index in [1.54, 1.807) is 4.90 Å². The van der Waals surface area contributed by atoms with Crippen molar-refractivity contribution in [3.8, 4) is 0 Å². The Labute approximate surface area is 149 Å². The van der Waals surface area contributed by atoms with Gasteiger partial charge in [0.15, 0.2) is 0 Å². The second-order valence-corrected chi connectivity index (χ2v) is 7.13. The number of nitrogens with zero attached hydrogens (tertiary/aromatic N) is 5. The van der Waals surface area contributed by atoms with Gasteiger partial charge in [0.2, 0.25) is 11.8 Å². The van der Waals surface area contributed by atoms with Gasteiger partial charge in [-0.25, -0.2) is 4.98 Å². The van der Waals surface area contributed by atoms with Crippen LogP contribution in [0.5, 0.6) is 0 Å². The minimum Gasteiger partial charge on any atom is -0.340 e. The SMILES string of the molecule is CC(C(=O)N1CCCN(Cc2nccn2C)CC1)N1CCCCC1=O. The van der Waals surface area contributed by atoms with E-state index in [2.05, 4.69) is 9.88 Å². The van der Waals surface area contributed by atoms with Gasteiger partial charge in [-0.15, -0.1) is 0 Å². The number of rotatable bonds is 4. The van der Waals surface area contributed by atoms with Crippen LogP contribution < -0.4 is 0 Å². The highest BCUT2D eigenvalue weighted by molar-refractivity contribution is 5.87. The molecule has 1 aromatic heterocycles. The molecule has 1 aromatic rings. The van der Waals surface area contributed by atoms with Crippen LogP contribution in [0.2, 0.25) is 0 Å². The average Bonchev–Trinajstić information content (AvgIpc) is 2.87. The molecule has 7 heteroatoms. The van der Waals surface area contributed by atoms with Crippen molar-refractivity contribution in [1.82, 2.24) is 24.3 Å². The zero-order chi connectivity index (χ0) is 17.8. The molecule has 0 aromatic carbocycles. The average molecular weight is 347 g/mol. The molecule has 0 spiro atoms. The predicted molar refractivity (Wildman–Crippen MR) is 94.7 cm³/mol. The summed E-state index contributed by atoms with van der Waals surface area (Å²) in [5.41, 5.74) is 0. The lowest BCUT2D eigenvalue weighted by Gasteiger charge is -2.34. The molecule has 2 fully saturated rings. The molecule has 138 valence electrons. The number of likely N-dealkylation sites (tertiary alicyclic amines) is 1. The minimum absolute atomic E-state index is 0.0918. The van der Waals surface area contributed by atoms with E-state index in [-0.39, 0.29) is 17.9 Å². The monoisotopic (exact) mass is 347 g/mol. The molecule has 1 atom stereocenters. The van der Waals surface area contributed by atoms with Gasteiger partial charge in [0, 0.05) is 58.6 Å². The smallest absolute Gasteiger partial charge is 0.245 e. The summed E-state index contributed by atoms with van der Waals surface area (Å²) >= 11 is 0. The topological polar surface area (TPSA) is 61.7 Å². The molecule has 2 aliphatic rings. The van der Waals surface area contributed by atoms with Crippen molar-refractivity contribution in [2.45, 2.75) is 45.2 Å². The summed E-state index contributed by atoms with van der Waals surface area (Å²) in [6, 6.07) is -0.339. The molecule has 3 rings (SSSR count). The van der Waals surface area contributed by atoms with Crippen molar-refractivity contribution in [3.63, 3.8) is 0 Å². The number of aromatic nitrogens is 2. The van der Waals surface area contributed by atoms with Gasteiger partial charge >= 0.3 is 0 Å². The fraction of sp³-hybridized carbons (Fsp3) is 0.722. The molecule has 0 radical (unpaired) electrons. The first-order chi connectivity index (χ1) is 12.1. The van der Waals surface area contributed by atoms with Crippen molar-refractivity contribution in [3.05, 3.63) is 18.2 Å². The summed E-state index contributed by atoms with van der Waals surface area (Å²) in [5, 5.41) is 0. The largest absolute Gasteiger partial charge is 0.340 e. The predicted octanol–water partition coefficient (Wildman–Crippen LogP) is 0.855. The Balaban J connectivity index is 1.55. The number of amides is 2. The number of hydrogen-bond acceptors (Lipinski definition) is 4. The van der Waals surface area contributed by atoms with E-state index in [9.17, 15) is 9.59 Å². The molecule has 0 bridgehead atoms. The Bertz CT molecular complexity index is 614. The standard InChI is InChI=1S/C18H29N5O2/c1-15(23-10-4-3-6-17(23)24)18(25)22-9-5-8-21(12-13-22)14-16-19-7-11-20(16)2/h7,11,15H,3-6,8-10,12-14H2,1-2H3. The van der Waals surface area contributed by atoms with Crippen molar-refractivity contribution in [1.29, 1.82) is 0 Å². The Morgan fingerprint density at radius 3 is 2.72 bits per heavy atom. The van der Waals surface area contributed by atoms with E-state index in [0.29, 0.717) is 13.0 Å². The molecular weight excluding hydrogens is 318 g/mol. The zero-order valence-corrected chi connectivity index (χ0v) is 15.4. The first kappa shape index (κ1) is 17.9. The number of carbonyl (C=O) groups excluding carboxylic acids is 2. The normalized spacial score (nSPS) is 21.3. The van der Waals surface area contributed by atoms with Crippen molar-refractivity contribution in [2.24, 2.45) is 7.05 Å². The Kier molecular flexibility index (Phi) is 5.73. The van der Waals surface area contributed by atoms with E-state index >= 15 is 0 Å². The third-order valence-electron chi connectivity index (χ3n) is 5.37. The first-order valence-corrected chi connectivity index (χ1v) is 9.33. The first-order valence-electron chi connectivity index (χ1n) is 9.33. The van der Waals surface area contributed by atoms with Crippen LogP contribution in [0.1, 0.15) is 38.4 Å².